The molecule has 5 heteroatoms. The minimum atomic E-state index is -0.252. The van der Waals surface area contributed by atoms with Gasteiger partial charge < -0.3 is 5.32 Å². The Bertz CT molecular complexity index is 408. The second kappa shape index (κ2) is 4.53. The van der Waals surface area contributed by atoms with E-state index in [1.54, 1.807) is 17.8 Å². The Morgan fingerprint density at radius 3 is 3.07 bits per heavy atom. The van der Waals surface area contributed by atoms with Gasteiger partial charge in [0.15, 0.2) is 5.17 Å². The van der Waals surface area contributed by atoms with E-state index < -0.39 is 0 Å². The summed E-state index contributed by atoms with van der Waals surface area (Å²) in [6.07, 6.45) is 0. The van der Waals surface area contributed by atoms with Crippen LogP contribution in [0.5, 0.6) is 0 Å². The molecule has 2 rings (SSSR count). The number of amidine groups is 1. The fourth-order valence-corrected chi connectivity index (χ4v) is 2.45. The van der Waals surface area contributed by atoms with E-state index in [4.69, 9.17) is 0 Å². The summed E-state index contributed by atoms with van der Waals surface area (Å²) in [7, 11) is 0. The highest BCUT2D eigenvalue weighted by atomic mass is 79.9. The molecule has 1 aliphatic heterocycles. The molecule has 1 unspecified atom stereocenters. The molecule has 0 saturated carbocycles. The first-order valence-electron chi connectivity index (χ1n) is 4.58. The number of nitrogens with one attached hydrogen (secondary N) is 1. The Kier molecular flexibility index (Phi) is 3.31. The van der Waals surface area contributed by atoms with Crippen molar-refractivity contribution in [2.75, 3.05) is 11.9 Å². The van der Waals surface area contributed by atoms with Gasteiger partial charge in [0.05, 0.1) is 12.2 Å². The van der Waals surface area contributed by atoms with Gasteiger partial charge >= 0.3 is 0 Å². The van der Waals surface area contributed by atoms with Gasteiger partial charge in [-0.1, -0.05) is 18.7 Å². The number of hydrogen-bond donors (Lipinski definition) is 1. The van der Waals surface area contributed by atoms with Crippen molar-refractivity contribution in [2.45, 2.75) is 12.2 Å². The zero-order chi connectivity index (χ0) is 10.8. The van der Waals surface area contributed by atoms with E-state index in [9.17, 15) is 4.39 Å². The summed E-state index contributed by atoms with van der Waals surface area (Å²) in [4.78, 5) is 4.31. The van der Waals surface area contributed by atoms with Crippen LogP contribution < -0.4 is 5.32 Å². The molecule has 2 nitrogen and oxygen atoms in total. The Balaban J connectivity index is 2.14. The van der Waals surface area contributed by atoms with Crippen LogP contribution in [0.25, 0.3) is 0 Å². The number of rotatable bonds is 1. The van der Waals surface area contributed by atoms with E-state index in [0.29, 0.717) is 5.25 Å². The Morgan fingerprint density at radius 2 is 2.40 bits per heavy atom. The minimum Gasteiger partial charge on any atom is -0.334 e. The van der Waals surface area contributed by atoms with Crippen LogP contribution in [0.3, 0.4) is 0 Å². The van der Waals surface area contributed by atoms with Crippen LogP contribution in [-0.4, -0.2) is 17.0 Å². The highest BCUT2D eigenvalue weighted by Crippen LogP contribution is 2.27. The molecule has 1 aromatic carbocycles. The average molecular weight is 289 g/mol. The quantitative estimate of drug-likeness (QED) is 0.855. The molecule has 80 valence electrons. The second-order valence-corrected chi connectivity index (χ2v) is 5.60. The molecular weight excluding hydrogens is 279 g/mol. The Hall–Kier alpha value is -0.550. The smallest absolute Gasteiger partial charge is 0.161 e. The van der Waals surface area contributed by atoms with Crippen LogP contribution in [0.2, 0.25) is 0 Å². The maximum absolute atomic E-state index is 13.0. The number of anilines is 1. The van der Waals surface area contributed by atoms with Crippen LogP contribution in [0.4, 0.5) is 10.1 Å². The number of benzene rings is 1. The molecule has 0 saturated heterocycles. The average Bonchev–Trinajstić information content (AvgIpc) is 2.58. The van der Waals surface area contributed by atoms with Gasteiger partial charge in [0, 0.05) is 9.72 Å². The number of hydrogen-bond acceptors (Lipinski definition) is 3. The largest absolute Gasteiger partial charge is 0.334 e. The van der Waals surface area contributed by atoms with Crippen molar-refractivity contribution in [3.8, 4) is 0 Å². The summed E-state index contributed by atoms with van der Waals surface area (Å²) in [6.45, 7) is 2.93. The van der Waals surface area contributed by atoms with Gasteiger partial charge in [0.2, 0.25) is 0 Å². The fraction of sp³-hybridized carbons (Fsp3) is 0.300. The third-order valence-electron chi connectivity index (χ3n) is 1.97. The molecule has 0 amide bonds. The van der Waals surface area contributed by atoms with Crippen molar-refractivity contribution in [3.63, 3.8) is 0 Å². The molecule has 0 fully saturated rings. The normalized spacial score (nSPS) is 20.2. The highest BCUT2D eigenvalue weighted by molar-refractivity contribution is 9.10. The lowest BCUT2D eigenvalue weighted by atomic mass is 10.3. The van der Waals surface area contributed by atoms with Crippen molar-refractivity contribution in [3.05, 3.63) is 28.5 Å². The summed E-state index contributed by atoms with van der Waals surface area (Å²) in [5.74, 6) is -0.252. The third-order valence-corrected chi connectivity index (χ3v) is 3.67. The molecule has 1 N–H and O–H groups in total. The summed E-state index contributed by atoms with van der Waals surface area (Å²) in [5, 5.41) is 4.46. The minimum absolute atomic E-state index is 0.252. The van der Waals surface area contributed by atoms with Gasteiger partial charge in [-0.05, 0) is 34.1 Å². The first-order valence-corrected chi connectivity index (χ1v) is 6.25. The van der Waals surface area contributed by atoms with Crippen LogP contribution in [-0.2, 0) is 0 Å². The topological polar surface area (TPSA) is 24.4 Å². The first-order chi connectivity index (χ1) is 7.15. The fourth-order valence-electron chi connectivity index (χ4n) is 1.25. The molecule has 0 aliphatic carbocycles. The van der Waals surface area contributed by atoms with Crippen LogP contribution in [0, 0.1) is 5.82 Å². The van der Waals surface area contributed by atoms with E-state index in [1.165, 1.54) is 12.1 Å². The van der Waals surface area contributed by atoms with Gasteiger partial charge in [-0.2, -0.15) is 0 Å². The second-order valence-electron chi connectivity index (χ2n) is 3.32. The van der Waals surface area contributed by atoms with E-state index in [2.05, 4.69) is 33.2 Å². The van der Waals surface area contributed by atoms with Gasteiger partial charge in [0.1, 0.15) is 5.82 Å². The van der Waals surface area contributed by atoms with Crippen LogP contribution in [0.15, 0.2) is 27.7 Å². The predicted octanol–water partition coefficient (Wildman–Crippen LogP) is 3.49. The maximum Gasteiger partial charge on any atom is 0.161 e. The van der Waals surface area contributed by atoms with Crippen LogP contribution >= 0.6 is 27.7 Å². The van der Waals surface area contributed by atoms with Crippen molar-refractivity contribution >= 4 is 38.5 Å². The molecule has 1 heterocycles. The van der Waals surface area contributed by atoms with Gasteiger partial charge in [-0.15, -0.1) is 0 Å². The monoisotopic (exact) mass is 288 g/mol. The number of aliphatic imine (C=N–C) groups is 1. The van der Waals surface area contributed by atoms with Crippen molar-refractivity contribution in [2.24, 2.45) is 4.99 Å². The van der Waals surface area contributed by atoms with Crippen molar-refractivity contribution < 1.29 is 4.39 Å². The number of nitrogens with zero attached hydrogens (tertiary/aromatic N) is 1. The maximum atomic E-state index is 13.0. The SMILES string of the molecule is CC1CN=C(Nc2cc(F)ccc2Br)S1. The lowest BCUT2D eigenvalue weighted by Gasteiger charge is -2.07. The van der Waals surface area contributed by atoms with E-state index in [-0.39, 0.29) is 5.82 Å². The summed E-state index contributed by atoms with van der Waals surface area (Å²) in [5.41, 5.74) is 0.718. The molecule has 0 aromatic heterocycles. The van der Waals surface area contributed by atoms with Gasteiger partial charge in [-0.3, -0.25) is 4.99 Å². The molecule has 0 spiro atoms. The van der Waals surface area contributed by atoms with Crippen molar-refractivity contribution in [1.29, 1.82) is 0 Å². The first kappa shape index (κ1) is 11.0. The molecule has 1 atom stereocenters. The van der Waals surface area contributed by atoms with E-state index in [1.807, 2.05) is 0 Å². The van der Waals surface area contributed by atoms with E-state index in [0.717, 1.165) is 21.9 Å². The lowest BCUT2D eigenvalue weighted by Crippen LogP contribution is -2.06. The zero-order valence-corrected chi connectivity index (χ0v) is 10.5. The molecule has 15 heavy (non-hydrogen) atoms. The summed E-state index contributed by atoms with van der Waals surface area (Å²) >= 11 is 5.03. The standard InChI is InChI=1S/C10H10BrFN2S/c1-6-5-13-10(15-6)14-9-4-7(12)2-3-8(9)11/h2-4,6H,5H2,1H3,(H,13,14). The molecule has 0 radical (unpaired) electrons. The number of halogens is 2. The molecular formula is C10H10BrFN2S. The van der Waals surface area contributed by atoms with Gasteiger partial charge in [0.25, 0.3) is 0 Å². The highest BCUT2D eigenvalue weighted by Gasteiger charge is 2.15. The summed E-state index contributed by atoms with van der Waals surface area (Å²) in [6, 6.07) is 4.55. The van der Waals surface area contributed by atoms with Crippen molar-refractivity contribution in [1.82, 2.24) is 0 Å². The van der Waals surface area contributed by atoms with Crippen LogP contribution in [0.1, 0.15) is 6.92 Å². The molecule has 1 aliphatic rings. The van der Waals surface area contributed by atoms with E-state index >= 15 is 0 Å². The summed E-state index contributed by atoms with van der Waals surface area (Å²) < 4.78 is 13.8. The van der Waals surface area contributed by atoms with Gasteiger partial charge in [-0.25, -0.2) is 4.39 Å². The number of thioether (sulfide) groups is 1. The zero-order valence-electron chi connectivity index (χ0n) is 8.13. The molecule has 0 bridgehead atoms. The Morgan fingerprint density at radius 1 is 1.60 bits per heavy atom. The molecule has 1 aromatic rings. The predicted molar refractivity (Wildman–Crippen MR) is 67.1 cm³/mol. The lowest BCUT2D eigenvalue weighted by molar-refractivity contribution is 0.628. The third kappa shape index (κ3) is 2.72. The Labute approximate surface area is 100 Å².